The van der Waals surface area contributed by atoms with Gasteiger partial charge in [0.2, 0.25) is 0 Å². The number of aliphatic hydroxyl groups is 3. The third kappa shape index (κ3) is 1.95. The Kier molecular flexibility index (Phi) is 3.46. The molecule has 1 aliphatic heterocycles. The van der Waals surface area contributed by atoms with Crippen LogP contribution in [0.3, 0.4) is 0 Å². The van der Waals surface area contributed by atoms with Crippen molar-refractivity contribution in [2.45, 2.75) is 44.2 Å². The minimum absolute atomic E-state index is 0.0969. The van der Waals surface area contributed by atoms with Crippen LogP contribution in [0.1, 0.15) is 19.8 Å². The third-order valence-corrected chi connectivity index (χ3v) is 2.25. The van der Waals surface area contributed by atoms with Gasteiger partial charge in [-0.05, 0) is 6.42 Å². The van der Waals surface area contributed by atoms with Crippen LogP contribution < -0.4 is 0 Å². The second-order valence-electron chi connectivity index (χ2n) is 3.18. The molecule has 0 unspecified atom stereocenters. The van der Waals surface area contributed by atoms with Crippen LogP contribution in [0.4, 0.5) is 0 Å². The van der Waals surface area contributed by atoms with E-state index in [4.69, 9.17) is 9.84 Å². The zero-order valence-electron chi connectivity index (χ0n) is 7.18. The van der Waals surface area contributed by atoms with E-state index in [0.29, 0.717) is 12.8 Å². The Morgan fingerprint density at radius 2 is 2.08 bits per heavy atom. The Balaban J connectivity index is 2.52. The van der Waals surface area contributed by atoms with Crippen molar-refractivity contribution >= 4 is 0 Å². The van der Waals surface area contributed by atoms with E-state index in [1.807, 2.05) is 6.92 Å². The van der Waals surface area contributed by atoms with Crippen LogP contribution in [-0.4, -0.2) is 46.3 Å². The molecule has 1 heterocycles. The van der Waals surface area contributed by atoms with E-state index in [9.17, 15) is 10.2 Å². The smallest absolute Gasteiger partial charge is 0.106 e. The van der Waals surface area contributed by atoms with E-state index in [1.54, 1.807) is 0 Å². The van der Waals surface area contributed by atoms with Gasteiger partial charge in [-0.25, -0.2) is 0 Å². The highest BCUT2D eigenvalue weighted by Crippen LogP contribution is 2.21. The molecule has 0 aromatic carbocycles. The predicted molar refractivity (Wildman–Crippen MR) is 42.7 cm³/mol. The first-order valence-electron chi connectivity index (χ1n) is 4.31. The number of ether oxygens (including phenoxy) is 1. The lowest BCUT2D eigenvalue weighted by atomic mass is 9.97. The first-order chi connectivity index (χ1) is 5.69. The molecule has 0 amide bonds. The number of hydrogen-bond donors (Lipinski definition) is 3. The fourth-order valence-corrected chi connectivity index (χ4v) is 1.50. The van der Waals surface area contributed by atoms with Gasteiger partial charge in [-0.15, -0.1) is 0 Å². The summed E-state index contributed by atoms with van der Waals surface area (Å²) in [6, 6.07) is 0. The fourth-order valence-electron chi connectivity index (χ4n) is 1.50. The van der Waals surface area contributed by atoms with Gasteiger partial charge in [-0.2, -0.15) is 0 Å². The van der Waals surface area contributed by atoms with Gasteiger partial charge in [0.05, 0.1) is 24.9 Å². The molecule has 1 rings (SSSR count). The van der Waals surface area contributed by atoms with Gasteiger partial charge in [-0.1, -0.05) is 6.92 Å². The van der Waals surface area contributed by atoms with Crippen LogP contribution in [0.2, 0.25) is 0 Å². The minimum Gasteiger partial charge on any atom is -0.394 e. The minimum atomic E-state index is -0.808. The SMILES string of the molecule is CC[C@@H]1O[C@H](CO)C[C@H](O)[C@H]1O. The molecule has 1 saturated heterocycles. The van der Waals surface area contributed by atoms with Crippen molar-refractivity contribution < 1.29 is 20.1 Å². The lowest BCUT2D eigenvalue weighted by molar-refractivity contribution is -0.177. The van der Waals surface area contributed by atoms with Crippen molar-refractivity contribution in [3.05, 3.63) is 0 Å². The number of rotatable bonds is 2. The van der Waals surface area contributed by atoms with E-state index in [-0.39, 0.29) is 18.8 Å². The molecule has 1 aliphatic rings. The van der Waals surface area contributed by atoms with Crippen molar-refractivity contribution in [3.8, 4) is 0 Å². The van der Waals surface area contributed by atoms with E-state index >= 15 is 0 Å². The molecule has 0 radical (unpaired) electrons. The van der Waals surface area contributed by atoms with Crippen molar-refractivity contribution in [1.82, 2.24) is 0 Å². The van der Waals surface area contributed by atoms with E-state index in [2.05, 4.69) is 0 Å². The molecule has 1 fully saturated rings. The molecule has 4 nitrogen and oxygen atoms in total. The van der Waals surface area contributed by atoms with E-state index in [0.717, 1.165) is 0 Å². The zero-order valence-corrected chi connectivity index (χ0v) is 7.18. The van der Waals surface area contributed by atoms with Crippen molar-refractivity contribution in [2.24, 2.45) is 0 Å². The molecule has 0 spiro atoms. The number of aliphatic hydroxyl groups excluding tert-OH is 3. The summed E-state index contributed by atoms with van der Waals surface area (Å²) in [6.45, 7) is 1.78. The highest BCUT2D eigenvalue weighted by Gasteiger charge is 2.34. The van der Waals surface area contributed by atoms with Gasteiger partial charge in [-0.3, -0.25) is 0 Å². The summed E-state index contributed by atoms with van der Waals surface area (Å²) in [5.41, 5.74) is 0. The summed E-state index contributed by atoms with van der Waals surface area (Å²) < 4.78 is 5.31. The average Bonchev–Trinajstić information content (AvgIpc) is 2.09. The van der Waals surface area contributed by atoms with Crippen LogP contribution >= 0.6 is 0 Å². The lowest BCUT2D eigenvalue weighted by Gasteiger charge is -2.36. The molecule has 4 atom stereocenters. The second kappa shape index (κ2) is 4.18. The maximum Gasteiger partial charge on any atom is 0.106 e. The van der Waals surface area contributed by atoms with Crippen LogP contribution in [0.5, 0.6) is 0 Å². The predicted octanol–water partition coefficient (Wildman–Crippen LogP) is -0.732. The molecule has 12 heavy (non-hydrogen) atoms. The Morgan fingerprint density at radius 3 is 2.58 bits per heavy atom. The monoisotopic (exact) mass is 176 g/mol. The molecule has 0 aromatic rings. The maximum atomic E-state index is 9.39. The summed E-state index contributed by atoms with van der Waals surface area (Å²) in [4.78, 5) is 0. The van der Waals surface area contributed by atoms with Gasteiger partial charge in [0.25, 0.3) is 0 Å². The van der Waals surface area contributed by atoms with Crippen LogP contribution in [-0.2, 0) is 4.74 Å². The normalized spacial score (nSPS) is 43.0. The highest BCUT2D eigenvalue weighted by atomic mass is 16.5. The molecule has 0 aliphatic carbocycles. The summed E-state index contributed by atoms with van der Waals surface area (Å²) >= 11 is 0. The molecular weight excluding hydrogens is 160 g/mol. The standard InChI is InChI=1S/C8H16O4/c1-2-7-8(11)6(10)3-5(4-9)12-7/h5-11H,2-4H2,1H3/t5-,6-,7-,8+/m0/s1. The highest BCUT2D eigenvalue weighted by molar-refractivity contribution is 4.84. The Bertz CT molecular complexity index is 139. The Labute approximate surface area is 71.8 Å². The van der Waals surface area contributed by atoms with Crippen LogP contribution in [0, 0.1) is 0 Å². The summed E-state index contributed by atoms with van der Waals surface area (Å²) in [5.74, 6) is 0. The molecular formula is C8H16O4. The van der Waals surface area contributed by atoms with Crippen molar-refractivity contribution in [2.75, 3.05) is 6.61 Å². The van der Waals surface area contributed by atoms with Crippen LogP contribution in [0.15, 0.2) is 0 Å². The lowest BCUT2D eigenvalue weighted by Crippen LogP contribution is -2.48. The fraction of sp³-hybridized carbons (Fsp3) is 1.00. The van der Waals surface area contributed by atoms with Crippen molar-refractivity contribution in [1.29, 1.82) is 0 Å². The van der Waals surface area contributed by atoms with Gasteiger partial charge >= 0.3 is 0 Å². The molecule has 4 heteroatoms. The van der Waals surface area contributed by atoms with E-state index in [1.165, 1.54) is 0 Å². The molecule has 72 valence electrons. The molecule has 3 N–H and O–H groups in total. The Hall–Kier alpha value is -0.160. The summed E-state index contributed by atoms with van der Waals surface area (Å²) in [5, 5.41) is 27.5. The molecule has 0 bridgehead atoms. The van der Waals surface area contributed by atoms with Gasteiger partial charge in [0.15, 0.2) is 0 Å². The van der Waals surface area contributed by atoms with E-state index < -0.39 is 12.2 Å². The van der Waals surface area contributed by atoms with Gasteiger partial charge in [0.1, 0.15) is 6.10 Å². The van der Waals surface area contributed by atoms with Crippen LogP contribution in [0.25, 0.3) is 0 Å². The summed E-state index contributed by atoms with van der Waals surface area (Å²) in [7, 11) is 0. The van der Waals surface area contributed by atoms with Gasteiger partial charge in [0, 0.05) is 6.42 Å². The zero-order chi connectivity index (χ0) is 9.14. The third-order valence-electron chi connectivity index (χ3n) is 2.25. The first-order valence-corrected chi connectivity index (χ1v) is 4.31. The topological polar surface area (TPSA) is 69.9 Å². The van der Waals surface area contributed by atoms with Gasteiger partial charge < -0.3 is 20.1 Å². The van der Waals surface area contributed by atoms with Crippen molar-refractivity contribution in [3.63, 3.8) is 0 Å². The molecule has 0 aromatic heterocycles. The summed E-state index contributed by atoms with van der Waals surface area (Å²) in [6.07, 6.45) is -1.28. The molecule has 0 saturated carbocycles. The number of hydrogen-bond acceptors (Lipinski definition) is 4. The largest absolute Gasteiger partial charge is 0.394 e. The Morgan fingerprint density at radius 1 is 1.42 bits per heavy atom. The maximum absolute atomic E-state index is 9.39. The quantitative estimate of drug-likeness (QED) is 0.518. The second-order valence-corrected chi connectivity index (χ2v) is 3.18. The average molecular weight is 176 g/mol. The first kappa shape index (κ1) is 9.92.